The van der Waals surface area contributed by atoms with Crippen molar-refractivity contribution >= 4 is 23.2 Å². The van der Waals surface area contributed by atoms with Crippen LogP contribution in [0.25, 0.3) is 16.9 Å². The number of rotatable bonds is 3. The fourth-order valence-corrected chi connectivity index (χ4v) is 3.82. The zero-order valence-corrected chi connectivity index (χ0v) is 16.2. The van der Waals surface area contributed by atoms with Crippen molar-refractivity contribution < 1.29 is 9.53 Å². The van der Waals surface area contributed by atoms with Crippen LogP contribution >= 0.6 is 11.6 Å². The van der Waals surface area contributed by atoms with Gasteiger partial charge in [0.15, 0.2) is 0 Å². The smallest absolute Gasteiger partial charge is 0.228 e. The second kappa shape index (κ2) is 7.33. The zero-order chi connectivity index (χ0) is 19.0. The monoisotopic (exact) mass is 383 g/mol. The minimum Gasteiger partial charge on any atom is -0.372 e. The Morgan fingerprint density at radius 1 is 1.15 bits per heavy atom. The van der Waals surface area contributed by atoms with Crippen molar-refractivity contribution in [3.05, 3.63) is 59.4 Å². The van der Waals surface area contributed by atoms with Crippen molar-refractivity contribution in [1.29, 1.82) is 0 Å². The molecule has 1 fully saturated rings. The normalized spacial score (nSPS) is 20.2. The van der Waals surface area contributed by atoms with Gasteiger partial charge in [0.05, 0.1) is 30.0 Å². The molecule has 4 rings (SSSR count). The summed E-state index contributed by atoms with van der Waals surface area (Å²) in [6, 6.07) is 13.4. The Labute approximate surface area is 163 Å². The number of ether oxygens (including phenoxy) is 1. The molecular weight excluding hydrogens is 362 g/mol. The highest BCUT2D eigenvalue weighted by molar-refractivity contribution is 6.30. The number of imidazole rings is 1. The summed E-state index contributed by atoms with van der Waals surface area (Å²) in [6.07, 6.45) is 2.35. The summed E-state index contributed by atoms with van der Waals surface area (Å²) in [5.74, 6) is 0.0952. The Morgan fingerprint density at radius 2 is 1.85 bits per heavy atom. The van der Waals surface area contributed by atoms with E-state index in [1.54, 1.807) is 0 Å². The first kappa shape index (κ1) is 18.0. The van der Waals surface area contributed by atoms with Crippen molar-refractivity contribution in [2.75, 3.05) is 13.1 Å². The Hall–Kier alpha value is -2.37. The molecule has 0 spiro atoms. The average Bonchev–Trinajstić information content (AvgIpc) is 3.00. The highest BCUT2D eigenvalue weighted by Crippen LogP contribution is 2.27. The van der Waals surface area contributed by atoms with Crippen molar-refractivity contribution in [1.82, 2.24) is 14.3 Å². The predicted octanol–water partition coefficient (Wildman–Crippen LogP) is 3.83. The SMILES string of the molecule is CC1CN(C(=O)Cc2c(-c3ccc(Cl)cc3)nc3ccccn23)CC(C)O1. The third-order valence-electron chi connectivity index (χ3n) is 4.84. The molecule has 1 saturated heterocycles. The highest BCUT2D eigenvalue weighted by Gasteiger charge is 2.27. The molecule has 140 valence electrons. The molecular formula is C21H22ClN3O2. The van der Waals surface area contributed by atoms with Gasteiger partial charge < -0.3 is 14.0 Å². The number of morpholine rings is 1. The lowest BCUT2D eigenvalue weighted by atomic mass is 10.1. The molecule has 3 heterocycles. The van der Waals surface area contributed by atoms with E-state index in [0.29, 0.717) is 24.5 Å². The summed E-state index contributed by atoms with van der Waals surface area (Å²) in [4.78, 5) is 19.7. The second-order valence-electron chi connectivity index (χ2n) is 7.08. The lowest BCUT2D eigenvalue weighted by molar-refractivity contribution is -0.142. The van der Waals surface area contributed by atoms with Gasteiger partial charge in [-0.2, -0.15) is 0 Å². The number of amides is 1. The van der Waals surface area contributed by atoms with Crippen molar-refractivity contribution in [2.24, 2.45) is 0 Å². The number of hydrogen-bond acceptors (Lipinski definition) is 3. The van der Waals surface area contributed by atoms with Crippen molar-refractivity contribution in [3.8, 4) is 11.3 Å². The van der Waals surface area contributed by atoms with Gasteiger partial charge >= 0.3 is 0 Å². The van der Waals surface area contributed by atoms with Crippen molar-refractivity contribution in [2.45, 2.75) is 32.5 Å². The van der Waals surface area contributed by atoms with Gasteiger partial charge in [0.25, 0.3) is 0 Å². The van der Waals surface area contributed by atoms with Crippen LogP contribution in [0.4, 0.5) is 0 Å². The first-order valence-electron chi connectivity index (χ1n) is 9.16. The third-order valence-corrected chi connectivity index (χ3v) is 5.09. The molecule has 1 aliphatic rings. The molecule has 27 heavy (non-hydrogen) atoms. The van der Waals surface area contributed by atoms with E-state index in [-0.39, 0.29) is 18.1 Å². The van der Waals surface area contributed by atoms with Gasteiger partial charge in [0, 0.05) is 29.9 Å². The molecule has 6 heteroatoms. The van der Waals surface area contributed by atoms with E-state index in [2.05, 4.69) is 0 Å². The highest BCUT2D eigenvalue weighted by atomic mass is 35.5. The van der Waals surface area contributed by atoms with Crippen LogP contribution in [0, 0.1) is 0 Å². The number of halogens is 1. The van der Waals surface area contributed by atoms with Crippen LogP contribution in [-0.4, -0.2) is 45.5 Å². The lowest BCUT2D eigenvalue weighted by Gasteiger charge is -2.35. The topological polar surface area (TPSA) is 46.8 Å². The number of aromatic nitrogens is 2. The van der Waals surface area contributed by atoms with E-state index >= 15 is 0 Å². The number of fused-ring (bicyclic) bond motifs is 1. The van der Waals surface area contributed by atoms with Gasteiger partial charge in [-0.15, -0.1) is 0 Å². The van der Waals surface area contributed by atoms with Gasteiger partial charge in [-0.3, -0.25) is 4.79 Å². The Bertz CT molecular complexity index is 957. The zero-order valence-electron chi connectivity index (χ0n) is 15.4. The van der Waals surface area contributed by atoms with Crippen LogP contribution in [0.5, 0.6) is 0 Å². The quantitative estimate of drug-likeness (QED) is 0.690. The summed E-state index contributed by atoms with van der Waals surface area (Å²) in [7, 11) is 0. The first-order valence-corrected chi connectivity index (χ1v) is 9.54. The lowest BCUT2D eigenvalue weighted by Crippen LogP contribution is -2.48. The molecule has 2 unspecified atom stereocenters. The maximum Gasteiger partial charge on any atom is 0.228 e. The molecule has 0 radical (unpaired) electrons. The molecule has 2 atom stereocenters. The molecule has 0 bridgehead atoms. The Kier molecular flexibility index (Phi) is 4.89. The fraction of sp³-hybridized carbons (Fsp3) is 0.333. The minimum absolute atomic E-state index is 0.0515. The number of carbonyl (C=O) groups is 1. The molecule has 5 nitrogen and oxygen atoms in total. The molecule has 1 amide bonds. The molecule has 0 N–H and O–H groups in total. The van der Waals surface area contributed by atoms with E-state index in [9.17, 15) is 4.79 Å². The molecule has 0 saturated carbocycles. The predicted molar refractivity (Wildman–Crippen MR) is 106 cm³/mol. The first-order chi connectivity index (χ1) is 13.0. The van der Waals surface area contributed by atoms with Gasteiger partial charge in [0.2, 0.25) is 5.91 Å². The van der Waals surface area contributed by atoms with Crippen LogP contribution in [0.15, 0.2) is 48.7 Å². The minimum atomic E-state index is 0.0515. The number of pyridine rings is 1. The largest absolute Gasteiger partial charge is 0.372 e. The van der Waals surface area contributed by atoms with Crippen LogP contribution in [-0.2, 0) is 16.0 Å². The number of benzene rings is 1. The summed E-state index contributed by atoms with van der Waals surface area (Å²) in [5, 5.41) is 0.677. The van der Waals surface area contributed by atoms with E-state index in [4.69, 9.17) is 21.3 Å². The van der Waals surface area contributed by atoms with Gasteiger partial charge in [0.1, 0.15) is 5.65 Å². The Balaban J connectivity index is 1.70. The van der Waals surface area contributed by atoms with E-state index in [1.165, 1.54) is 0 Å². The van der Waals surface area contributed by atoms with Crippen LogP contribution < -0.4 is 0 Å². The van der Waals surface area contributed by atoms with Crippen LogP contribution in [0.2, 0.25) is 5.02 Å². The van der Waals surface area contributed by atoms with Crippen LogP contribution in [0.3, 0.4) is 0 Å². The summed E-state index contributed by atoms with van der Waals surface area (Å²) in [5.41, 5.74) is 3.49. The third kappa shape index (κ3) is 3.70. The van der Waals surface area contributed by atoms with E-state index in [0.717, 1.165) is 22.6 Å². The van der Waals surface area contributed by atoms with Crippen LogP contribution in [0.1, 0.15) is 19.5 Å². The summed E-state index contributed by atoms with van der Waals surface area (Å²) >= 11 is 6.03. The van der Waals surface area contributed by atoms with E-state index < -0.39 is 0 Å². The van der Waals surface area contributed by atoms with Crippen molar-refractivity contribution in [3.63, 3.8) is 0 Å². The Morgan fingerprint density at radius 3 is 2.56 bits per heavy atom. The molecule has 2 aromatic heterocycles. The second-order valence-corrected chi connectivity index (χ2v) is 7.51. The fourth-order valence-electron chi connectivity index (χ4n) is 3.69. The number of hydrogen-bond donors (Lipinski definition) is 0. The maximum atomic E-state index is 13.0. The summed E-state index contributed by atoms with van der Waals surface area (Å²) < 4.78 is 7.75. The number of nitrogens with zero attached hydrogens (tertiary/aromatic N) is 3. The summed E-state index contributed by atoms with van der Waals surface area (Å²) in [6.45, 7) is 5.25. The van der Waals surface area contributed by atoms with Gasteiger partial charge in [-0.1, -0.05) is 29.8 Å². The molecule has 1 aliphatic heterocycles. The average molecular weight is 384 g/mol. The number of carbonyl (C=O) groups excluding carboxylic acids is 1. The molecule has 1 aromatic carbocycles. The maximum absolute atomic E-state index is 13.0. The molecule has 0 aliphatic carbocycles. The van der Waals surface area contributed by atoms with Gasteiger partial charge in [-0.05, 0) is 38.1 Å². The standard InChI is InChI=1S/C21H22ClN3O2/c1-14-12-24(13-15(2)27-14)20(26)11-18-21(16-6-8-17(22)9-7-16)23-19-5-3-4-10-25(18)19/h3-10,14-15H,11-13H2,1-2H3. The van der Waals surface area contributed by atoms with Gasteiger partial charge in [-0.25, -0.2) is 4.98 Å². The molecule has 3 aromatic rings. The van der Waals surface area contributed by atoms with E-state index in [1.807, 2.05) is 71.8 Å².